The van der Waals surface area contributed by atoms with E-state index in [1.807, 2.05) is 30.5 Å². The van der Waals surface area contributed by atoms with Crippen molar-refractivity contribution in [2.24, 2.45) is 5.92 Å². The first-order valence-electron chi connectivity index (χ1n) is 8.70. The highest BCUT2D eigenvalue weighted by molar-refractivity contribution is 5.46. The number of hydrogen-bond donors (Lipinski definition) is 0. The van der Waals surface area contributed by atoms with Crippen LogP contribution in [0.25, 0.3) is 0 Å². The monoisotopic (exact) mass is 342 g/mol. The molecule has 5 heteroatoms. The summed E-state index contributed by atoms with van der Waals surface area (Å²) in [6.45, 7) is 4.28. The first-order valence-corrected chi connectivity index (χ1v) is 8.70. The van der Waals surface area contributed by atoms with Crippen LogP contribution in [0.5, 0.6) is 11.5 Å². The van der Waals surface area contributed by atoms with Crippen molar-refractivity contribution in [2.45, 2.75) is 19.5 Å². The molecule has 1 aromatic carbocycles. The summed E-state index contributed by atoms with van der Waals surface area (Å²) in [6, 6.07) is 12.1. The van der Waals surface area contributed by atoms with E-state index >= 15 is 0 Å². The van der Waals surface area contributed by atoms with E-state index in [0.717, 1.165) is 62.0 Å². The van der Waals surface area contributed by atoms with Crippen molar-refractivity contribution in [2.75, 3.05) is 34.0 Å². The van der Waals surface area contributed by atoms with Gasteiger partial charge in [0.15, 0.2) is 11.5 Å². The van der Waals surface area contributed by atoms with Gasteiger partial charge in [-0.25, -0.2) is 0 Å². The number of aromatic nitrogens is 1. The topological polar surface area (TPSA) is 43.8 Å². The molecule has 5 nitrogen and oxygen atoms in total. The molecular weight excluding hydrogens is 316 g/mol. The van der Waals surface area contributed by atoms with E-state index in [1.54, 1.807) is 14.2 Å². The summed E-state index contributed by atoms with van der Waals surface area (Å²) in [6.07, 6.45) is 2.96. The van der Waals surface area contributed by atoms with Gasteiger partial charge in [0.25, 0.3) is 0 Å². The molecule has 1 fully saturated rings. The van der Waals surface area contributed by atoms with E-state index in [0.29, 0.717) is 5.92 Å². The number of nitrogens with zero attached hydrogens (tertiary/aromatic N) is 2. The van der Waals surface area contributed by atoms with E-state index in [-0.39, 0.29) is 0 Å². The van der Waals surface area contributed by atoms with Gasteiger partial charge in [-0.2, -0.15) is 0 Å². The molecule has 1 aliphatic rings. The summed E-state index contributed by atoms with van der Waals surface area (Å²) in [5.41, 5.74) is 2.19. The molecule has 0 amide bonds. The Labute approximate surface area is 149 Å². The van der Waals surface area contributed by atoms with Gasteiger partial charge in [-0.3, -0.25) is 9.88 Å². The van der Waals surface area contributed by atoms with E-state index in [1.165, 1.54) is 0 Å². The van der Waals surface area contributed by atoms with Gasteiger partial charge in [0.2, 0.25) is 0 Å². The molecule has 134 valence electrons. The minimum Gasteiger partial charge on any atom is -0.493 e. The average molecular weight is 342 g/mol. The van der Waals surface area contributed by atoms with Gasteiger partial charge in [0.05, 0.1) is 26.5 Å². The Balaban J connectivity index is 1.79. The van der Waals surface area contributed by atoms with Crippen LogP contribution in [0.3, 0.4) is 0 Å². The van der Waals surface area contributed by atoms with Gasteiger partial charge >= 0.3 is 0 Å². The first kappa shape index (κ1) is 17.7. The highest BCUT2D eigenvalue weighted by Gasteiger charge is 2.21. The molecule has 3 rings (SSSR count). The fraction of sp³-hybridized carbons (Fsp3) is 0.450. The zero-order valence-electron chi connectivity index (χ0n) is 15.0. The van der Waals surface area contributed by atoms with E-state index < -0.39 is 0 Å². The Hall–Kier alpha value is -2.11. The van der Waals surface area contributed by atoms with Crippen LogP contribution in [0.2, 0.25) is 0 Å². The molecule has 0 aliphatic carbocycles. The maximum Gasteiger partial charge on any atom is 0.165 e. The minimum absolute atomic E-state index is 0.570. The maximum atomic E-state index is 5.60. The van der Waals surface area contributed by atoms with E-state index in [4.69, 9.17) is 14.2 Å². The molecule has 2 aromatic rings. The van der Waals surface area contributed by atoms with Crippen LogP contribution in [0, 0.1) is 5.92 Å². The third-order valence-corrected chi connectivity index (χ3v) is 4.53. The molecule has 0 bridgehead atoms. The van der Waals surface area contributed by atoms with Crippen LogP contribution in [0.4, 0.5) is 0 Å². The van der Waals surface area contributed by atoms with Crippen LogP contribution in [0.15, 0.2) is 42.6 Å². The van der Waals surface area contributed by atoms with Crippen LogP contribution in [0.1, 0.15) is 17.7 Å². The summed E-state index contributed by atoms with van der Waals surface area (Å²) in [7, 11) is 3.36. The Morgan fingerprint density at radius 2 is 2.04 bits per heavy atom. The third kappa shape index (κ3) is 4.71. The van der Waals surface area contributed by atoms with Crippen molar-refractivity contribution in [1.29, 1.82) is 0 Å². The molecule has 1 aromatic heterocycles. The molecule has 0 spiro atoms. The van der Waals surface area contributed by atoms with Crippen molar-refractivity contribution in [3.8, 4) is 11.5 Å². The standard InChI is InChI=1S/C20H26N2O3/c1-23-19-8-5-6-17(20(19)24-2)13-22(12-16-9-11-25-15-16)14-18-7-3-4-10-21-18/h3-8,10,16H,9,11-15H2,1-2H3. The van der Waals surface area contributed by atoms with Crippen molar-refractivity contribution in [1.82, 2.24) is 9.88 Å². The fourth-order valence-electron chi connectivity index (χ4n) is 3.32. The van der Waals surface area contributed by atoms with Crippen molar-refractivity contribution < 1.29 is 14.2 Å². The molecule has 1 aliphatic heterocycles. The molecule has 1 unspecified atom stereocenters. The Morgan fingerprint density at radius 1 is 1.12 bits per heavy atom. The van der Waals surface area contributed by atoms with Crippen LogP contribution in [-0.4, -0.2) is 43.9 Å². The molecular formula is C20H26N2O3. The number of ether oxygens (including phenoxy) is 3. The average Bonchev–Trinajstić information content (AvgIpc) is 3.15. The highest BCUT2D eigenvalue weighted by atomic mass is 16.5. The summed E-state index contributed by atoms with van der Waals surface area (Å²) in [4.78, 5) is 6.90. The number of para-hydroxylation sites is 1. The molecule has 0 saturated carbocycles. The summed E-state index contributed by atoms with van der Waals surface area (Å²) in [5, 5.41) is 0. The van der Waals surface area contributed by atoms with Crippen LogP contribution in [-0.2, 0) is 17.8 Å². The van der Waals surface area contributed by atoms with Crippen molar-refractivity contribution in [3.05, 3.63) is 53.9 Å². The van der Waals surface area contributed by atoms with Crippen LogP contribution < -0.4 is 9.47 Å². The molecule has 2 heterocycles. The largest absolute Gasteiger partial charge is 0.493 e. The van der Waals surface area contributed by atoms with Crippen molar-refractivity contribution >= 4 is 0 Å². The molecule has 0 N–H and O–H groups in total. The molecule has 0 radical (unpaired) electrons. The van der Waals surface area contributed by atoms with Gasteiger partial charge in [0, 0.05) is 38.0 Å². The minimum atomic E-state index is 0.570. The predicted octanol–water partition coefficient (Wildman–Crippen LogP) is 3.14. The van der Waals surface area contributed by atoms with Gasteiger partial charge in [-0.15, -0.1) is 0 Å². The van der Waals surface area contributed by atoms with E-state index in [9.17, 15) is 0 Å². The van der Waals surface area contributed by atoms with Gasteiger partial charge < -0.3 is 14.2 Å². The number of hydrogen-bond acceptors (Lipinski definition) is 5. The second-order valence-corrected chi connectivity index (χ2v) is 6.37. The van der Waals surface area contributed by atoms with E-state index in [2.05, 4.69) is 22.0 Å². The fourth-order valence-corrected chi connectivity index (χ4v) is 3.32. The summed E-state index contributed by atoms with van der Waals surface area (Å²) < 4.78 is 16.6. The number of methoxy groups -OCH3 is 2. The summed E-state index contributed by atoms with van der Waals surface area (Å²) >= 11 is 0. The second kappa shape index (κ2) is 8.83. The number of benzene rings is 1. The number of rotatable bonds is 8. The lowest BCUT2D eigenvalue weighted by atomic mass is 10.1. The summed E-state index contributed by atoms with van der Waals surface area (Å²) in [5.74, 6) is 2.14. The van der Waals surface area contributed by atoms with Gasteiger partial charge in [0.1, 0.15) is 0 Å². The maximum absolute atomic E-state index is 5.60. The molecule has 1 saturated heterocycles. The lowest BCUT2D eigenvalue weighted by Gasteiger charge is -2.26. The second-order valence-electron chi connectivity index (χ2n) is 6.37. The lowest BCUT2D eigenvalue weighted by Crippen LogP contribution is -2.29. The SMILES string of the molecule is COc1cccc(CN(Cc2ccccn2)CC2CCOC2)c1OC. The zero-order valence-corrected chi connectivity index (χ0v) is 15.0. The lowest BCUT2D eigenvalue weighted by molar-refractivity contribution is 0.160. The Bertz CT molecular complexity index is 657. The van der Waals surface area contributed by atoms with Crippen LogP contribution >= 0.6 is 0 Å². The smallest absolute Gasteiger partial charge is 0.165 e. The normalized spacial score (nSPS) is 17.0. The quantitative estimate of drug-likeness (QED) is 0.737. The zero-order chi connectivity index (χ0) is 17.5. The first-order chi connectivity index (χ1) is 12.3. The predicted molar refractivity (Wildman–Crippen MR) is 96.8 cm³/mol. The molecule has 1 atom stereocenters. The number of pyridine rings is 1. The Morgan fingerprint density at radius 3 is 2.72 bits per heavy atom. The molecule has 25 heavy (non-hydrogen) atoms. The third-order valence-electron chi connectivity index (χ3n) is 4.53. The van der Waals surface area contributed by atoms with Gasteiger partial charge in [-0.1, -0.05) is 18.2 Å². The highest BCUT2D eigenvalue weighted by Crippen LogP contribution is 2.32. The van der Waals surface area contributed by atoms with Crippen molar-refractivity contribution in [3.63, 3.8) is 0 Å². The van der Waals surface area contributed by atoms with Gasteiger partial charge in [-0.05, 0) is 30.5 Å². The Kier molecular flexibility index (Phi) is 6.25.